The molecule has 14 heteroatoms. The van der Waals surface area contributed by atoms with Crippen molar-refractivity contribution in [3.8, 4) is 23.0 Å². The molecule has 12 nitrogen and oxygen atoms in total. The van der Waals surface area contributed by atoms with E-state index in [2.05, 4.69) is 12.2 Å². The first-order valence-electron chi connectivity index (χ1n) is 20.0. The van der Waals surface area contributed by atoms with Gasteiger partial charge >= 0.3 is 23.9 Å². The molecule has 8 aliphatic rings. The summed E-state index contributed by atoms with van der Waals surface area (Å²) in [5.74, 6) is 0.0598. The largest absolute Gasteiger partial charge is 1.00 e. The maximum atomic E-state index is 14.2. The number of piperidine rings is 6. The standard InChI is InChI=1S/C43H54N2O10.2BrH/c1-26(46)52-34-9-5-28(19-36(34)50-3)22-44-15-11-30(12-16-44)38(24-44)54-42(48)40-32-7-8-33(21-32)41(40)43(49)55-39-25-45(17-13-31(39)14-18-45)23-29-6-10-35(53-27(2)47)37(20-29)51-4;;/h5-10,19-20,30-33,38-41H,11-18,21-25H2,1-4H3;2*1H/q+2;;/p-2. The van der Waals surface area contributed by atoms with E-state index >= 15 is 0 Å². The molecule has 6 unspecified atom stereocenters. The quantitative estimate of drug-likeness (QED) is 0.114. The first-order chi connectivity index (χ1) is 26.5. The summed E-state index contributed by atoms with van der Waals surface area (Å²) in [6, 6.07) is 11.4. The molecule has 2 aromatic carbocycles. The van der Waals surface area contributed by atoms with Crippen molar-refractivity contribution in [2.24, 2.45) is 35.5 Å². The summed E-state index contributed by atoms with van der Waals surface area (Å²) < 4.78 is 36.3. The fourth-order valence-corrected chi connectivity index (χ4v) is 10.9. The van der Waals surface area contributed by atoms with Crippen LogP contribution >= 0.6 is 0 Å². The van der Waals surface area contributed by atoms with E-state index in [-0.39, 0.29) is 69.9 Å². The second-order valence-corrected chi connectivity index (χ2v) is 17.0. The van der Waals surface area contributed by atoms with Crippen molar-refractivity contribution in [2.45, 2.75) is 71.2 Å². The summed E-state index contributed by atoms with van der Waals surface area (Å²) in [5, 5.41) is 0. The molecular formula is C43H54Br2N2O10. The predicted molar refractivity (Wildman–Crippen MR) is 199 cm³/mol. The van der Waals surface area contributed by atoms with E-state index in [0.717, 1.165) is 105 Å². The highest BCUT2D eigenvalue weighted by molar-refractivity contribution is 5.84. The lowest BCUT2D eigenvalue weighted by atomic mass is 9.80. The van der Waals surface area contributed by atoms with Gasteiger partial charge in [-0.05, 0) is 54.7 Å². The Morgan fingerprint density at radius 1 is 0.596 bits per heavy atom. The van der Waals surface area contributed by atoms with Crippen molar-refractivity contribution in [1.29, 1.82) is 0 Å². The molecule has 0 aromatic heterocycles. The summed E-state index contributed by atoms with van der Waals surface area (Å²) in [6.07, 6.45) is 8.50. The van der Waals surface area contributed by atoms with Gasteiger partial charge in [0.2, 0.25) is 0 Å². The highest BCUT2D eigenvalue weighted by Gasteiger charge is 2.56. The number of esters is 4. The SMILES string of the molecule is COc1cc(C[N+]23CCC(CC2)C(OC(=O)C2C4C=CC(C4)C2C(=O)OC2C[N+]4(Cc5ccc(OC(C)=O)c(OC)c5)CCC2CC4)C3)ccc1OC(C)=O.[Br-].[Br-]. The van der Waals surface area contributed by atoms with Crippen molar-refractivity contribution >= 4 is 23.9 Å². The normalized spacial score (nSPS) is 32.7. The highest BCUT2D eigenvalue weighted by atomic mass is 79.9. The van der Waals surface area contributed by atoms with Crippen LogP contribution in [0.25, 0.3) is 0 Å². The van der Waals surface area contributed by atoms with E-state index in [1.54, 1.807) is 26.4 Å². The summed E-state index contributed by atoms with van der Waals surface area (Å²) in [6.45, 7) is 9.77. The number of halogens is 2. The van der Waals surface area contributed by atoms with Crippen LogP contribution in [0.2, 0.25) is 0 Å². The monoisotopic (exact) mass is 916 g/mol. The van der Waals surface area contributed by atoms with Gasteiger partial charge in [0.05, 0.1) is 52.2 Å². The van der Waals surface area contributed by atoms with Crippen LogP contribution in [0.3, 0.4) is 0 Å². The van der Waals surface area contributed by atoms with Crippen LogP contribution in [0.15, 0.2) is 48.6 Å². The molecule has 2 aliphatic carbocycles. The number of fused-ring (bicyclic) bond motifs is 8. The van der Waals surface area contributed by atoms with Crippen LogP contribution in [0, 0.1) is 35.5 Å². The summed E-state index contributed by atoms with van der Waals surface area (Å²) in [7, 11) is 3.14. The van der Waals surface area contributed by atoms with Gasteiger partial charge in [0.25, 0.3) is 0 Å². The molecule has 0 radical (unpaired) electrons. The molecule has 0 spiro atoms. The van der Waals surface area contributed by atoms with Crippen molar-refractivity contribution < 1.29 is 90.5 Å². The second-order valence-electron chi connectivity index (χ2n) is 17.0. The third-order valence-electron chi connectivity index (χ3n) is 13.6. The maximum Gasteiger partial charge on any atom is 0.310 e. The van der Waals surface area contributed by atoms with Crippen LogP contribution < -0.4 is 52.9 Å². The number of hydrogen-bond acceptors (Lipinski definition) is 10. The topological polar surface area (TPSA) is 124 Å². The van der Waals surface area contributed by atoms with Crippen LogP contribution in [-0.4, -0.2) is 98.5 Å². The lowest BCUT2D eigenvalue weighted by Gasteiger charge is -2.52. The lowest BCUT2D eigenvalue weighted by Crippen LogP contribution is -3.00. The van der Waals surface area contributed by atoms with E-state index in [9.17, 15) is 19.2 Å². The van der Waals surface area contributed by atoms with Gasteiger partial charge in [-0.3, -0.25) is 19.2 Å². The third-order valence-corrected chi connectivity index (χ3v) is 13.6. The number of quaternary nitrogens is 2. The number of methoxy groups -OCH3 is 2. The fraction of sp³-hybridized carbons (Fsp3) is 0.581. The minimum atomic E-state index is -0.531. The van der Waals surface area contributed by atoms with Gasteiger partial charge in [-0.1, -0.05) is 12.2 Å². The van der Waals surface area contributed by atoms with Crippen LogP contribution in [0.5, 0.6) is 23.0 Å². The molecule has 6 aliphatic heterocycles. The number of nitrogens with zero attached hydrogens (tertiary/aromatic N) is 2. The van der Waals surface area contributed by atoms with Crippen LogP contribution in [0.1, 0.15) is 57.1 Å². The van der Waals surface area contributed by atoms with E-state index < -0.39 is 23.8 Å². The average Bonchev–Trinajstić information content (AvgIpc) is 3.79. The highest BCUT2D eigenvalue weighted by Crippen LogP contribution is 2.50. The first kappa shape index (κ1) is 43.1. The van der Waals surface area contributed by atoms with Crippen LogP contribution in [-0.2, 0) is 41.7 Å². The fourth-order valence-electron chi connectivity index (χ4n) is 10.9. The number of hydrogen-bond donors (Lipinski definition) is 0. The second kappa shape index (κ2) is 17.4. The van der Waals surface area contributed by atoms with Crippen molar-refractivity contribution in [3.63, 3.8) is 0 Å². The molecule has 57 heavy (non-hydrogen) atoms. The van der Waals surface area contributed by atoms with E-state index in [0.29, 0.717) is 34.8 Å². The Morgan fingerprint density at radius 3 is 1.33 bits per heavy atom. The minimum absolute atomic E-state index is 0. The lowest BCUT2D eigenvalue weighted by molar-refractivity contribution is -0.958. The number of ether oxygens (including phenoxy) is 6. The Morgan fingerprint density at radius 2 is 0.982 bits per heavy atom. The number of carbonyl (C=O) groups excluding carboxylic acids is 4. The maximum absolute atomic E-state index is 14.2. The van der Waals surface area contributed by atoms with Crippen molar-refractivity contribution in [1.82, 2.24) is 0 Å². The minimum Gasteiger partial charge on any atom is -1.00 e. The average molecular weight is 919 g/mol. The zero-order valence-electron chi connectivity index (χ0n) is 33.2. The van der Waals surface area contributed by atoms with Gasteiger partial charge in [0.15, 0.2) is 35.2 Å². The predicted octanol–water partition coefficient (Wildman–Crippen LogP) is -0.995. The molecule has 6 atom stereocenters. The Bertz CT molecular complexity index is 1740. The molecule has 6 bridgehead atoms. The molecule has 6 saturated heterocycles. The van der Waals surface area contributed by atoms with Gasteiger partial charge in [-0.25, -0.2) is 0 Å². The molecule has 310 valence electrons. The van der Waals surface area contributed by atoms with Gasteiger partial charge in [0.1, 0.15) is 26.2 Å². The van der Waals surface area contributed by atoms with Crippen LogP contribution in [0.4, 0.5) is 0 Å². The summed E-state index contributed by atoms with van der Waals surface area (Å²) in [5.41, 5.74) is 2.15. The Kier molecular flexibility index (Phi) is 13.2. The third kappa shape index (κ3) is 8.79. The van der Waals surface area contributed by atoms with Gasteiger partial charge in [-0.2, -0.15) is 0 Å². The van der Waals surface area contributed by atoms with E-state index in [4.69, 9.17) is 28.4 Å². The van der Waals surface area contributed by atoms with E-state index in [1.165, 1.54) is 13.8 Å². The Hall–Kier alpha value is -3.46. The Balaban J connectivity index is 0.00000275. The number of allylic oxidation sites excluding steroid dienone is 2. The summed E-state index contributed by atoms with van der Waals surface area (Å²) in [4.78, 5) is 51.6. The first-order valence-corrected chi connectivity index (χ1v) is 20.0. The molecule has 1 saturated carbocycles. The molecule has 2 aromatic rings. The van der Waals surface area contributed by atoms with E-state index in [1.807, 2.05) is 24.3 Å². The molecule has 0 amide bonds. The number of carbonyl (C=O) groups is 4. The Labute approximate surface area is 355 Å². The zero-order chi connectivity index (χ0) is 38.5. The molecule has 10 rings (SSSR count). The van der Waals surface area contributed by atoms with Gasteiger partial charge < -0.3 is 71.4 Å². The van der Waals surface area contributed by atoms with Gasteiger partial charge in [-0.15, -0.1) is 0 Å². The number of rotatable bonds is 12. The zero-order valence-corrected chi connectivity index (χ0v) is 36.3. The summed E-state index contributed by atoms with van der Waals surface area (Å²) >= 11 is 0. The van der Waals surface area contributed by atoms with Gasteiger partial charge in [0, 0.05) is 62.5 Å². The molecular weight excluding hydrogens is 864 g/mol. The molecule has 6 heterocycles. The number of benzene rings is 2. The molecule has 0 N–H and O–H groups in total. The van der Waals surface area contributed by atoms with Crippen molar-refractivity contribution in [3.05, 3.63) is 59.7 Å². The van der Waals surface area contributed by atoms with Crippen molar-refractivity contribution in [2.75, 3.05) is 53.5 Å². The molecule has 7 fully saturated rings. The smallest absolute Gasteiger partial charge is 0.310 e.